The number of piperidine rings is 1. The first kappa shape index (κ1) is 18.0. The number of carbonyl (C=O) groups excluding carboxylic acids is 2. The SMILES string of the molecule is COC(=O)C1CCN(C(=O)CC2CSc3nc(C)c(C)c(=O)n32)CC1. The molecular formula is C17H23N3O4S. The van der Waals surface area contributed by atoms with E-state index in [2.05, 4.69) is 4.98 Å². The van der Waals surface area contributed by atoms with E-state index in [4.69, 9.17) is 4.74 Å². The summed E-state index contributed by atoms with van der Waals surface area (Å²) in [6.45, 7) is 4.73. The Morgan fingerprint density at radius 2 is 1.96 bits per heavy atom. The first-order valence-electron chi connectivity index (χ1n) is 8.50. The van der Waals surface area contributed by atoms with Crippen LogP contribution >= 0.6 is 11.8 Å². The number of fused-ring (bicyclic) bond motifs is 1. The molecule has 1 unspecified atom stereocenters. The third-order valence-electron chi connectivity index (χ3n) is 5.11. The Labute approximate surface area is 150 Å². The Morgan fingerprint density at radius 3 is 2.60 bits per heavy atom. The highest BCUT2D eigenvalue weighted by molar-refractivity contribution is 7.99. The average Bonchev–Trinajstić information content (AvgIpc) is 3.01. The van der Waals surface area contributed by atoms with E-state index in [0.717, 1.165) is 5.69 Å². The van der Waals surface area contributed by atoms with Crippen molar-refractivity contribution in [3.05, 3.63) is 21.6 Å². The predicted molar refractivity (Wildman–Crippen MR) is 93.7 cm³/mol. The van der Waals surface area contributed by atoms with Crippen molar-refractivity contribution in [2.45, 2.75) is 44.3 Å². The molecule has 1 aromatic rings. The minimum Gasteiger partial charge on any atom is -0.469 e. The normalized spacial score (nSPS) is 20.4. The molecule has 1 saturated heterocycles. The number of thioether (sulfide) groups is 1. The van der Waals surface area contributed by atoms with Gasteiger partial charge in [-0.2, -0.15) is 0 Å². The molecule has 1 aromatic heterocycles. The molecule has 0 saturated carbocycles. The molecule has 3 heterocycles. The van der Waals surface area contributed by atoms with E-state index in [0.29, 0.717) is 48.8 Å². The zero-order valence-corrected chi connectivity index (χ0v) is 15.6. The third-order valence-corrected chi connectivity index (χ3v) is 6.21. The maximum Gasteiger partial charge on any atom is 0.308 e. The molecule has 2 aliphatic heterocycles. The van der Waals surface area contributed by atoms with Crippen LogP contribution in [0, 0.1) is 19.8 Å². The largest absolute Gasteiger partial charge is 0.469 e. The first-order chi connectivity index (χ1) is 11.9. The highest BCUT2D eigenvalue weighted by atomic mass is 32.2. The molecule has 0 aliphatic carbocycles. The Hall–Kier alpha value is -1.83. The zero-order chi connectivity index (χ0) is 18.1. The maximum atomic E-state index is 12.6. The Morgan fingerprint density at radius 1 is 1.28 bits per heavy atom. The molecule has 0 aromatic carbocycles. The van der Waals surface area contributed by atoms with E-state index in [-0.39, 0.29) is 29.4 Å². The minimum absolute atomic E-state index is 0.0342. The van der Waals surface area contributed by atoms with Crippen LogP contribution in [0.1, 0.15) is 36.6 Å². The molecule has 3 rings (SSSR count). The lowest BCUT2D eigenvalue weighted by atomic mass is 9.96. The second kappa shape index (κ2) is 7.19. The summed E-state index contributed by atoms with van der Waals surface area (Å²) in [6, 6.07) is -0.148. The van der Waals surface area contributed by atoms with Crippen LogP contribution in [0.15, 0.2) is 9.95 Å². The monoisotopic (exact) mass is 365 g/mol. The summed E-state index contributed by atoms with van der Waals surface area (Å²) in [7, 11) is 1.39. The van der Waals surface area contributed by atoms with Crippen molar-refractivity contribution in [3.8, 4) is 0 Å². The van der Waals surface area contributed by atoms with Crippen molar-refractivity contribution in [1.29, 1.82) is 0 Å². The molecule has 0 bridgehead atoms. The summed E-state index contributed by atoms with van der Waals surface area (Å²) in [4.78, 5) is 43.0. The van der Waals surface area contributed by atoms with Crippen LogP contribution in [0.2, 0.25) is 0 Å². The number of esters is 1. The van der Waals surface area contributed by atoms with Crippen molar-refractivity contribution >= 4 is 23.6 Å². The number of nitrogens with zero attached hydrogens (tertiary/aromatic N) is 3. The van der Waals surface area contributed by atoms with Gasteiger partial charge in [0.15, 0.2) is 5.16 Å². The van der Waals surface area contributed by atoms with Gasteiger partial charge in [-0.25, -0.2) is 4.98 Å². The van der Waals surface area contributed by atoms with Gasteiger partial charge in [0, 0.05) is 36.5 Å². The Kier molecular flexibility index (Phi) is 5.17. The smallest absolute Gasteiger partial charge is 0.308 e. The molecule has 8 heteroatoms. The van der Waals surface area contributed by atoms with Gasteiger partial charge < -0.3 is 9.64 Å². The third kappa shape index (κ3) is 3.44. The van der Waals surface area contributed by atoms with Crippen molar-refractivity contribution < 1.29 is 14.3 Å². The van der Waals surface area contributed by atoms with Crippen LogP contribution in [-0.2, 0) is 14.3 Å². The lowest BCUT2D eigenvalue weighted by Gasteiger charge is -2.31. The van der Waals surface area contributed by atoms with Gasteiger partial charge in [-0.15, -0.1) is 0 Å². The maximum absolute atomic E-state index is 12.6. The van der Waals surface area contributed by atoms with Crippen LogP contribution in [0.3, 0.4) is 0 Å². The number of likely N-dealkylation sites (tertiary alicyclic amines) is 1. The van der Waals surface area contributed by atoms with E-state index in [1.807, 2.05) is 6.92 Å². The molecule has 0 spiro atoms. The molecular weight excluding hydrogens is 342 g/mol. The van der Waals surface area contributed by atoms with E-state index >= 15 is 0 Å². The molecule has 1 fully saturated rings. The van der Waals surface area contributed by atoms with Crippen LogP contribution in [-0.4, -0.2) is 52.3 Å². The lowest BCUT2D eigenvalue weighted by Crippen LogP contribution is -2.41. The number of ether oxygens (including phenoxy) is 1. The Bertz CT molecular complexity index is 753. The van der Waals surface area contributed by atoms with Gasteiger partial charge in [-0.3, -0.25) is 19.0 Å². The van der Waals surface area contributed by atoms with Crippen molar-refractivity contribution in [3.63, 3.8) is 0 Å². The minimum atomic E-state index is -0.198. The zero-order valence-electron chi connectivity index (χ0n) is 14.8. The topological polar surface area (TPSA) is 81.5 Å². The van der Waals surface area contributed by atoms with Gasteiger partial charge in [0.2, 0.25) is 5.91 Å². The molecule has 1 amide bonds. The van der Waals surface area contributed by atoms with Crippen molar-refractivity contribution in [1.82, 2.24) is 14.5 Å². The number of aryl methyl sites for hydroxylation is 1. The summed E-state index contributed by atoms with van der Waals surface area (Å²) >= 11 is 1.53. The molecule has 7 nitrogen and oxygen atoms in total. The number of aromatic nitrogens is 2. The predicted octanol–water partition coefficient (Wildman–Crippen LogP) is 1.31. The number of methoxy groups -OCH3 is 1. The average molecular weight is 365 g/mol. The Balaban J connectivity index is 1.66. The molecule has 1 atom stereocenters. The molecule has 0 radical (unpaired) electrons. The lowest BCUT2D eigenvalue weighted by molar-refractivity contribution is -0.149. The first-order valence-corrected chi connectivity index (χ1v) is 9.49. The van der Waals surface area contributed by atoms with E-state index in [9.17, 15) is 14.4 Å². The molecule has 0 N–H and O–H groups in total. The number of carbonyl (C=O) groups is 2. The van der Waals surface area contributed by atoms with Crippen molar-refractivity contribution in [2.75, 3.05) is 26.0 Å². The van der Waals surface area contributed by atoms with Gasteiger partial charge in [-0.05, 0) is 26.7 Å². The summed E-state index contributed by atoms with van der Waals surface area (Å²) in [5.74, 6) is 0.410. The molecule has 136 valence electrons. The fourth-order valence-corrected chi connectivity index (χ4v) is 4.57. The quantitative estimate of drug-likeness (QED) is 0.593. The number of hydrogen-bond donors (Lipinski definition) is 0. The highest BCUT2D eigenvalue weighted by Gasteiger charge is 2.32. The summed E-state index contributed by atoms with van der Waals surface area (Å²) in [5, 5.41) is 0.704. The number of amides is 1. The summed E-state index contributed by atoms with van der Waals surface area (Å²) < 4.78 is 6.45. The van der Waals surface area contributed by atoms with Gasteiger partial charge >= 0.3 is 5.97 Å². The fourth-order valence-electron chi connectivity index (χ4n) is 3.38. The molecule has 25 heavy (non-hydrogen) atoms. The van der Waals surface area contributed by atoms with Gasteiger partial charge in [-0.1, -0.05) is 11.8 Å². The second-order valence-electron chi connectivity index (χ2n) is 6.63. The van der Waals surface area contributed by atoms with Crippen LogP contribution in [0.5, 0.6) is 0 Å². The van der Waals surface area contributed by atoms with Gasteiger partial charge in [0.05, 0.1) is 19.1 Å². The van der Waals surface area contributed by atoms with E-state index < -0.39 is 0 Å². The number of hydrogen-bond acceptors (Lipinski definition) is 6. The van der Waals surface area contributed by atoms with Crippen LogP contribution in [0.25, 0.3) is 0 Å². The summed E-state index contributed by atoms with van der Waals surface area (Å²) in [6.07, 6.45) is 1.56. The van der Waals surface area contributed by atoms with Gasteiger partial charge in [0.25, 0.3) is 5.56 Å². The standard InChI is InChI=1S/C17H23N3O4S/c1-10-11(2)18-17-20(15(10)22)13(9-25-17)8-14(21)19-6-4-12(5-7-19)16(23)24-3/h12-13H,4-9H2,1-3H3. The molecule has 2 aliphatic rings. The second-order valence-corrected chi connectivity index (χ2v) is 7.61. The fraction of sp³-hybridized carbons (Fsp3) is 0.647. The van der Waals surface area contributed by atoms with E-state index in [1.54, 1.807) is 16.4 Å². The highest BCUT2D eigenvalue weighted by Crippen LogP contribution is 2.33. The van der Waals surface area contributed by atoms with Gasteiger partial charge in [0.1, 0.15) is 0 Å². The summed E-state index contributed by atoms with van der Waals surface area (Å²) in [5.41, 5.74) is 1.35. The van der Waals surface area contributed by atoms with Crippen LogP contribution in [0.4, 0.5) is 0 Å². The van der Waals surface area contributed by atoms with Crippen molar-refractivity contribution in [2.24, 2.45) is 5.92 Å². The van der Waals surface area contributed by atoms with E-state index in [1.165, 1.54) is 18.9 Å². The number of rotatable bonds is 3. The van der Waals surface area contributed by atoms with Crippen LogP contribution < -0.4 is 5.56 Å².